The maximum atomic E-state index is 8.19. The summed E-state index contributed by atoms with van der Waals surface area (Å²) in [5.41, 5.74) is 0. The molecule has 0 aliphatic heterocycles. The zero-order valence-electron chi connectivity index (χ0n) is 4.02. The Morgan fingerprint density at radius 2 is 1.40 bits per heavy atom. The Hall–Kier alpha value is 0.774. The number of hydrogen-bond acceptors (Lipinski definition) is 1. The van der Waals surface area contributed by atoms with Gasteiger partial charge in [0, 0.05) is 18.9 Å². The summed E-state index contributed by atoms with van der Waals surface area (Å²) < 4.78 is 0. The second kappa shape index (κ2) is 4.77. The summed E-state index contributed by atoms with van der Waals surface area (Å²) in [6.07, 6.45) is 0. The van der Waals surface area contributed by atoms with Gasteiger partial charge in [-0.25, -0.2) is 0 Å². The van der Waals surface area contributed by atoms with Crippen LogP contribution < -0.4 is 0 Å². The van der Waals surface area contributed by atoms with E-state index in [4.69, 9.17) is 4.80 Å². The smallest absolute Gasteiger partial charge is 0.166 e. The molecule has 0 fully saturated rings. The van der Waals surface area contributed by atoms with Gasteiger partial charge in [-0.15, -0.1) is 0 Å². The summed E-state index contributed by atoms with van der Waals surface area (Å²) >= 11 is 0. The van der Waals surface area contributed by atoms with Crippen LogP contribution in [0.1, 0.15) is 0 Å². The van der Waals surface area contributed by atoms with Gasteiger partial charge in [0.25, 0.3) is 0 Å². The van der Waals surface area contributed by atoms with Crippen LogP contribution >= 0.6 is 0 Å². The number of hydrogen-bond donors (Lipinski definition) is 1. The van der Waals surface area contributed by atoms with E-state index in [0.717, 1.165) is 0 Å². The molecule has 0 saturated heterocycles. The van der Waals surface area contributed by atoms with Gasteiger partial charge in [0.1, 0.15) is 0 Å². The molecular weight excluding hydrogens is 75.0 g/mol. The van der Waals surface area contributed by atoms with Crippen LogP contribution in [-0.4, -0.2) is 32.7 Å². The van der Waals surface area contributed by atoms with Crippen LogP contribution in [0.4, 0.5) is 0 Å². The molecule has 0 aliphatic rings. The first-order chi connectivity index (χ1) is 1.73. The van der Waals surface area contributed by atoms with E-state index < -0.39 is 9.04 Å². The Morgan fingerprint density at radius 3 is 1.40 bits per heavy atom. The minimum atomic E-state index is -1.14. The molecule has 0 saturated carbocycles. The molecular formula is C2H8LiOSi. The van der Waals surface area contributed by atoms with Gasteiger partial charge in [0.2, 0.25) is 0 Å². The Kier molecular flexibility index (Phi) is 8.82. The largest absolute Gasteiger partial charge is 0.435 e. The molecule has 0 rings (SSSR count). The van der Waals surface area contributed by atoms with Crippen molar-refractivity contribution in [3.63, 3.8) is 0 Å². The first-order valence-electron chi connectivity index (χ1n) is 1.41. The van der Waals surface area contributed by atoms with E-state index in [1.165, 1.54) is 0 Å². The standard InChI is InChI=1S/C2H8OSi.Li/c1-4(2)3;/h3-4H,1-2H3;. The summed E-state index contributed by atoms with van der Waals surface area (Å²) in [5, 5.41) is 0. The molecule has 0 aromatic carbocycles. The molecule has 0 aliphatic carbocycles. The van der Waals surface area contributed by atoms with E-state index in [2.05, 4.69) is 0 Å². The molecule has 27 valence electrons. The minimum absolute atomic E-state index is 0. The zero-order chi connectivity index (χ0) is 3.58. The Labute approximate surface area is 46.3 Å². The molecule has 0 aromatic heterocycles. The third-order valence-corrected chi connectivity index (χ3v) is 0. The van der Waals surface area contributed by atoms with Crippen LogP contribution in [0.25, 0.3) is 0 Å². The summed E-state index contributed by atoms with van der Waals surface area (Å²) in [6, 6.07) is 0. The van der Waals surface area contributed by atoms with Crippen molar-refractivity contribution in [3.8, 4) is 0 Å². The molecule has 5 heavy (non-hydrogen) atoms. The first kappa shape index (κ1) is 9.24. The second-order valence-electron chi connectivity index (χ2n) is 1.09. The van der Waals surface area contributed by atoms with Crippen LogP contribution in [0.15, 0.2) is 0 Å². The van der Waals surface area contributed by atoms with Gasteiger partial charge in [0.05, 0.1) is 0 Å². The van der Waals surface area contributed by atoms with Crippen molar-refractivity contribution in [2.45, 2.75) is 13.1 Å². The fourth-order valence-corrected chi connectivity index (χ4v) is 0. The molecule has 0 aromatic rings. The van der Waals surface area contributed by atoms with Gasteiger partial charge in [-0.1, -0.05) is 0 Å². The normalized spacial score (nSPS) is 7.20. The topological polar surface area (TPSA) is 20.2 Å². The predicted molar refractivity (Wildman–Crippen MR) is 26.8 cm³/mol. The van der Waals surface area contributed by atoms with Gasteiger partial charge in [-0.3, -0.25) is 0 Å². The van der Waals surface area contributed by atoms with E-state index in [-0.39, 0.29) is 18.9 Å². The summed E-state index contributed by atoms with van der Waals surface area (Å²) in [6.45, 7) is 3.72. The molecule has 1 nitrogen and oxygen atoms in total. The maximum absolute atomic E-state index is 8.19. The van der Waals surface area contributed by atoms with E-state index >= 15 is 0 Å². The van der Waals surface area contributed by atoms with Crippen LogP contribution in [0.5, 0.6) is 0 Å². The second-order valence-corrected chi connectivity index (χ2v) is 3.28. The quantitative estimate of drug-likeness (QED) is 0.394. The Morgan fingerprint density at radius 1 is 1.40 bits per heavy atom. The summed E-state index contributed by atoms with van der Waals surface area (Å²) in [5.74, 6) is 0. The van der Waals surface area contributed by atoms with Gasteiger partial charge in [-0.05, 0) is 13.1 Å². The molecule has 1 N–H and O–H groups in total. The number of rotatable bonds is 0. The third-order valence-electron chi connectivity index (χ3n) is 0. The van der Waals surface area contributed by atoms with Crippen molar-refractivity contribution >= 4 is 27.9 Å². The first-order valence-corrected chi connectivity index (χ1v) is 4.24. The monoisotopic (exact) mass is 83.1 g/mol. The molecule has 0 spiro atoms. The van der Waals surface area contributed by atoms with Crippen molar-refractivity contribution in [2.24, 2.45) is 0 Å². The maximum Gasteiger partial charge on any atom is 0.166 e. The van der Waals surface area contributed by atoms with E-state index in [1.807, 2.05) is 13.1 Å². The molecule has 0 unspecified atom stereocenters. The molecule has 0 heterocycles. The average Bonchev–Trinajstić information content (AvgIpc) is 0.811. The van der Waals surface area contributed by atoms with Crippen LogP contribution in [0.2, 0.25) is 13.1 Å². The average molecular weight is 83.1 g/mol. The van der Waals surface area contributed by atoms with Crippen LogP contribution in [-0.2, 0) is 0 Å². The molecule has 0 bridgehead atoms. The van der Waals surface area contributed by atoms with E-state index in [1.54, 1.807) is 0 Å². The van der Waals surface area contributed by atoms with Gasteiger partial charge >= 0.3 is 0 Å². The van der Waals surface area contributed by atoms with Gasteiger partial charge < -0.3 is 4.80 Å². The van der Waals surface area contributed by atoms with Crippen LogP contribution in [0, 0.1) is 0 Å². The minimum Gasteiger partial charge on any atom is -0.435 e. The predicted octanol–water partition coefficient (Wildman–Crippen LogP) is -0.419. The SMILES string of the molecule is C[SiH](C)O.[Li]. The summed E-state index contributed by atoms with van der Waals surface area (Å²) in [7, 11) is -1.14. The van der Waals surface area contributed by atoms with Crippen molar-refractivity contribution in [1.29, 1.82) is 0 Å². The van der Waals surface area contributed by atoms with E-state index in [9.17, 15) is 0 Å². The van der Waals surface area contributed by atoms with Gasteiger partial charge in [-0.2, -0.15) is 0 Å². The van der Waals surface area contributed by atoms with Crippen LogP contribution in [0.3, 0.4) is 0 Å². The third kappa shape index (κ3) is 61.3. The Balaban J connectivity index is 0. The molecule has 0 amide bonds. The fraction of sp³-hybridized carbons (Fsp3) is 1.00. The molecule has 3 heteroatoms. The molecule has 0 atom stereocenters. The Bertz CT molecular complexity index is 14.4. The zero-order valence-corrected chi connectivity index (χ0v) is 5.18. The van der Waals surface area contributed by atoms with Gasteiger partial charge in [0.15, 0.2) is 9.04 Å². The fourth-order valence-electron chi connectivity index (χ4n) is 0. The van der Waals surface area contributed by atoms with Crippen molar-refractivity contribution < 1.29 is 4.80 Å². The molecule has 1 radical (unpaired) electrons. The van der Waals surface area contributed by atoms with Crippen molar-refractivity contribution in [1.82, 2.24) is 0 Å². The van der Waals surface area contributed by atoms with Crippen molar-refractivity contribution in [2.75, 3.05) is 0 Å². The van der Waals surface area contributed by atoms with Crippen molar-refractivity contribution in [3.05, 3.63) is 0 Å². The van der Waals surface area contributed by atoms with E-state index in [0.29, 0.717) is 0 Å². The summed E-state index contributed by atoms with van der Waals surface area (Å²) in [4.78, 5) is 8.19.